The van der Waals surface area contributed by atoms with Gasteiger partial charge in [-0.2, -0.15) is 0 Å². The van der Waals surface area contributed by atoms with Crippen LogP contribution in [0.2, 0.25) is 5.02 Å². The molecule has 0 spiro atoms. The second kappa shape index (κ2) is 6.63. The first-order valence-corrected chi connectivity index (χ1v) is 8.35. The van der Waals surface area contributed by atoms with E-state index >= 15 is 0 Å². The Hall–Kier alpha value is -2.00. The molecule has 3 rings (SSSR count). The quantitative estimate of drug-likeness (QED) is 0.904. The number of carbonyl (C=O) groups is 1. The number of nitrogens with zero attached hydrogens (tertiary/aromatic N) is 1. The van der Waals surface area contributed by atoms with E-state index in [0.717, 1.165) is 30.6 Å². The Kier molecular flexibility index (Phi) is 4.58. The zero-order chi connectivity index (χ0) is 16.4. The van der Waals surface area contributed by atoms with Gasteiger partial charge in [-0.1, -0.05) is 35.9 Å². The molecule has 4 heteroatoms. The fourth-order valence-corrected chi connectivity index (χ4v) is 3.24. The van der Waals surface area contributed by atoms with Crippen LogP contribution in [0.4, 0.5) is 11.4 Å². The second-order valence-corrected chi connectivity index (χ2v) is 6.49. The number of nitrogens with one attached hydrogen (secondary N) is 1. The minimum Gasteiger partial charge on any atom is -0.360 e. The Morgan fingerprint density at radius 1 is 1.26 bits per heavy atom. The number of amides is 1. The molecule has 0 saturated carbocycles. The van der Waals surface area contributed by atoms with Crippen LogP contribution in [0.15, 0.2) is 42.5 Å². The molecule has 2 aromatic rings. The fourth-order valence-electron chi connectivity index (χ4n) is 3.07. The van der Waals surface area contributed by atoms with Gasteiger partial charge in [-0.15, -0.1) is 0 Å². The Morgan fingerprint density at radius 3 is 2.87 bits per heavy atom. The monoisotopic (exact) mass is 328 g/mol. The number of para-hydroxylation sites is 1. The maximum Gasteiger partial charge on any atom is 0.246 e. The van der Waals surface area contributed by atoms with Gasteiger partial charge in [0.25, 0.3) is 0 Å². The summed E-state index contributed by atoms with van der Waals surface area (Å²) in [5.74, 6) is -0.00734. The highest BCUT2D eigenvalue weighted by atomic mass is 35.5. The van der Waals surface area contributed by atoms with Crippen molar-refractivity contribution in [3.63, 3.8) is 0 Å². The summed E-state index contributed by atoms with van der Waals surface area (Å²) in [6.45, 7) is 4.82. The van der Waals surface area contributed by atoms with Gasteiger partial charge in [0.05, 0.1) is 0 Å². The Morgan fingerprint density at radius 2 is 2.04 bits per heavy atom. The highest BCUT2D eigenvalue weighted by Crippen LogP contribution is 2.29. The smallest absolute Gasteiger partial charge is 0.246 e. The van der Waals surface area contributed by atoms with Crippen molar-refractivity contribution in [2.45, 2.75) is 32.7 Å². The second-order valence-electron chi connectivity index (χ2n) is 6.05. The van der Waals surface area contributed by atoms with Gasteiger partial charge < -0.3 is 10.2 Å². The van der Waals surface area contributed by atoms with Crippen molar-refractivity contribution in [1.82, 2.24) is 0 Å². The summed E-state index contributed by atoms with van der Waals surface area (Å²) in [7, 11) is 0. The molecular formula is C19H21ClN2O. The molecule has 3 nitrogen and oxygen atoms in total. The van der Waals surface area contributed by atoms with Crippen molar-refractivity contribution in [2.75, 3.05) is 16.8 Å². The number of fused-ring (bicyclic) bond motifs is 1. The third kappa shape index (κ3) is 3.35. The highest BCUT2D eigenvalue weighted by Gasteiger charge is 2.26. The van der Waals surface area contributed by atoms with Gasteiger partial charge in [-0.05, 0) is 56.0 Å². The van der Waals surface area contributed by atoms with Crippen LogP contribution in [0.5, 0.6) is 0 Å². The van der Waals surface area contributed by atoms with E-state index in [4.69, 9.17) is 11.6 Å². The van der Waals surface area contributed by atoms with Gasteiger partial charge in [0.15, 0.2) is 0 Å². The first kappa shape index (κ1) is 15.9. The summed E-state index contributed by atoms with van der Waals surface area (Å²) in [6.07, 6.45) is 2.15. The van der Waals surface area contributed by atoms with Gasteiger partial charge in [0.2, 0.25) is 5.91 Å². The largest absolute Gasteiger partial charge is 0.360 e. The first-order valence-electron chi connectivity index (χ1n) is 7.98. The van der Waals surface area contributed by atoms with E-state index in [0.29, 0.717) is 5.02 Å². The molecule has 1 aliphatic rings. The molecule has 1 amide bonds. The van der Waals surface area contributed by atoms with E-state index in [9.17, 15) is 4.79 Å². The Bertz CT molecular complexity index is 729. The average Bonchev–Trinajstić information content (AvgIpc) is 2.57. The molecule has 0 aliphatic carbocycles. The van der Waals surface area contributed by atoms with Crippen molar-refractivity contribution in [3.05, 3.63) is 58.6 Å². The zero-order valence-electron chi connectivity index (χ0n) is 13.5. The predicted molar refractivity (Wildman–Crippen MR) is 96.4 cm³/mol. The third-order valence-corrected chi connectivity index (χ3v) is 4.69. The number of rotatable bonds is 3. The molecular weight excluding hydrogens is 308 g/mol. The molecule has 0 unspecified atom stereocenters. The van der Waals surface area contributed by atoms with E-state index in [-0.39, 0.29) is 11.9 Å². The summed E-state index contributed by atoms with van der Waals surface area (Å²) < 4.78 is 0. The number of aryl methyl sites for hydroxylation is 2. The van der Waals surface area contributed by atoms with E-state index in [2.05, 4.69) is 28.4 Å². The summed E-state index contributed by atoms with van der Waals surface area (Å²) in [4.78, 5) is 14.9. The van der Waals surface area contributed by atoms with E-state index in [1.54, 1.807) is 6.07 Å². The van der Waals surface area contributed by atoms with Gasteiger partial charge in [-0.3, -0.25) is 4.79 Å². The van der Waals surface area contributed by atoms with Gasteiger partial charge in [0.1, 0.15) is 6.04 Å². The van der Waals surface area contributed by atoms with Gasteiger partial charge in [0, 0.05) is 22.9 Å². The maximum absolute atomic E-state index is 12.7. The molecule has 0 saturated heterocycles. The van der Waals surface area contributed by atoms with Crippen LogP contribution >= 0.6 is 11.6 Å². The van der Waals surface area contributed by atoms with Crippen LogP contribution in [0, 0.1) is 6.92 Å². The first-order chi connectivity index (χ1) is 11.1. The van der Waals surface area contributed by atoms with Crippen molar-refractivity contribution in [2.24, 2.45) is 0 Å². The van der Waals surface area contributed by atoms with Crippen LogP contribution in [0.3, 0.4) is 0 Å². The van der Waals surface area contributed by atoms with Crippen molar-refractivity contribution in [3.8, 4) is 0 Å². The molecule has 0 bridgehead atoms. The Balaban J connectivity index is 1.79. The number of hydrogen-bond acceptors (Lipinski definition) is 2. The lowest BCUT2D eigenvalue weighted by Crippen LogP contribution is -2.44. The molecule has 1 heterocycles. The van der Waals surface area contributed by atoms with Crippen LogP contribution in [0.25, 0.3) is 0 Å². The number of hydrogen-bond donors (Lipinski definition) is 1. The van der Waals surface area contributed by atoms with E-state index < -0.39 is 0 Å². The SMILES string of the molecule is Cc1ccc(Cl)cc1NC(=O)[C@H](C)N1CCCc2ccccc21. The fraction of sp³-hybridized carbons (Fsp3) is 0.316. The molecule has 1 atom stereocenters. The molecule has 1 aliphatic heterocycles. The standard InChI is InChI=1S/C19H21ClN2O/c1-13-9-10-16(20)12-17(13)21-19(23)14(2)22-11-5-7-15-6-3-4-8-18(15)22/h3-4,6,8-10,12,14H,5,7,11H2,1-2H3,(H,21,23)/t14-/m0/s1. The number of benzene rings is 2. The van der Waals surface area contributed by atoms with Crippen LogP contribution in [-0.4, -0.2) is 18.5 Å². The summed E-state index contributed by atoms with van der Waals surface area (Å²) in [5.41, 5.74) is 4.27. The van der Waals surface area contributed by atoms with Crippen molar-refractivity contribution >= 4 is 28.9 Å². The van der Waals surface area contributed by atoms with Gasteiger partial charge in [-0.25, -0.2) is 0 Å². The molecule has 2 aromatic carbocycles. The maximum atomic E-state index is 12.7. The molecule has 0 aromatic heterocycles. The lowest BCUT2D eigenvalue weighted by molar-refractivity contribution is -0.117. The van der Waals surface area contributed by atoms with Crippen LogP contribution in [-0.2, 0) is 11.2 Å². The zero-order valence-corrected chi connectivity index (χ0v) is 14.2. The molecule has 0 radical (unpaired) electrons. The molecule has 23 heavy (non-hydrogen) atoms. The summed E-state index contributed by atoms with van der Waals surface area (Å²) in [6, 6.07) is 13.7. The summed E-state index contributed by atoms with van der Waals surface area (Å²) in [5, 5.41) is 3.64. The van der Waals surface area contributed by atoms with Gasteiger partial charge >= 0.3 is 0 Å². The highest BCUT2D eigenvalue weighted by molar-refractivity contribution is 6.31. The van der Waals surface area contributed by atoms with Crippen molar-refractivity contribution in [1.29, 1.82) is 0 Å². The van der Waals surface area contributed by atoms with Crippen LogP contribution in [0.1, 0.15) is 24.5 Å². The minimum absolute atomic E-state index is 0.00734. The van der Waals surface area contributed by atoms with E-state index in [1.807, 2.05) is 32.0 Å². The topological polar surface area (TPSA) is 32.3 Å². The molecule has 0 fully saturated rings. The number of halogens is 1. The molecule has 1 N–H and O–H groups in total. The van der Waals surface area contributed by atoms with Crippen LogP contribution < -0.4 is 10.2 Å². The number of carbonyl (C=O) groups excluding carboxylic acids is 1. The van der Waals surface area contributed by atoms with E-state index in [1.165, 1.54) is 11.3 Å². The summed E-state index contributed by atoms with van der Waals surface area (Å²) >= 11 is 6.03. The lowest BCUT2D eigenvalue weighted by Gasteiger charge is -2.35. The molecule has 120 valence electrons. The Labute approximate surface area is 142 Å². The third-order valence-electron chi connectivity index (χ3n) is 4.45. The average molecular weight is 329 g/mol. The lowest BCUT2D eigenvalue weighted by atomic mass is 10.00. The number of anilines is 2. The minimum atomic E-state index is -0.227. The normalized spacial score (nSPS) is 15.0. The van der Waals surface area contributed by atoms with Crippen molar-refractivity contribution < 1.29 is 4.79 Å². The predicted octanol–water partition coefficient (Wildman–Crippen LogP) is 4.43.